The average Bonchev–Trinajstić information content (AvgIpc) is 3.38. The number of rotatable bonds is 12. The number of aromatic amines is 1. The van der Waals surface area contributed by atoms with Gasteiger partial charge >= 0.3 is 6.09 Å². The summed E-state index contributed by atoms with van der Waals surface area (Å²) < 4.78 is 33.4. The third kappa shape index (κ3) is 7.78. The van der Waals surface area contributed by atoms with Gasteiger partial charge in [0.15, 0.2) is 0 Å². The molecular formula is C33H40ClF2N5O4S. The summed E-state index contributed by atoms with van der Waals surface area (Å²) in [5.41, 5.74) is 6.93. The molecule has 248 valence electrons. The first-order valence-electron chi connectivity index (χ1n) is 15.4. The van der Waals surface area contributed by atoms with Gasteiger partial charge in [0.25, 0.3) is 0 Å². The highest BCUT2D eigenvalue weighted by Crippen LogP contribution is 2.37. The van der Waals surface area contributed by atoms with E-state index in [2.05, 4.69) is 20.9 Å². The summed E-state index contributed by atoms with van der Waals surface area (Å²) in [6.45, 7) is 7.31. The lowest BCUT2D eigenvalue weighted by molar-refractivity contribution is -0.136. The van der Waals surface area contributed by atoms with Gasteiger partial charge in [-0.2, -0.15) is 0 Å². The summed E-state index contributed by atoms with van der Waals surface area (Å²) in [4.78, 5) is 44.5. The first kappa shape index (κ1) is 35.1. The molecule has 0 bridgehead atoms. The summed E-state index contributed by atoms with van der Waals surface area (Å²) in [7, 11) is 0. The minimum absolute atomic E-state index is 0.0154. The third-order valence-corrected chi connectivity index (χ3v) is 9.48. The Balaban J connectivity index is 1.66. The van der Waals surface area contributed by atoms with Gasteiger partial charge in [-0.05, 0) is 60.1 Å². The van der Waals surface area contributed by atoms with Crippen molar-refractivity contribution >= 4 is 57.6 Å². The second kappa shape index (κ2) is 14.8. The number of hydrogen-bond donors (Lipinski definition) is 5. The third-order valence-electron chi connectivity index (χ3n) is 8.93. The molecule has 0 spiro atoms. The second-order valence-corrected chi connectivity index (χ2v) is 13.0. The molecule has 5 atom stereocenters. The smallest absolute Gasteiger partial charge is 0.408 e. The molecule has 0 saturated heterocycles. The zero-order chi connectivity index (χ0) is 33.8. The molecule has 3 aromatic rings. The summed E-state index contributed by atoms with van der Waals surface area (Å²) >= 11 is 11.6. The fourth-order valence-corrected chi connectivity index (χ4v) is 6.34. The van der Waals surface area contributed by atoms with Gasteiger partial charge in [-0.15, -0.1) is 0 Å². The van der Waals surface area contributed by atoms with Crippen LogP contribution in [0.5, 0.6) is 0 Å². The Morgan fingerprint density at radius 2 is 1.76 bits per heavy atom. The van der Waals surface area contributed by atoms with E-state index in [-0.39, 0.29) is 41.3 Å². The van der Waals surface area contributed by atoms with Crippen LogP contribution in [-0.2, 0) is 33.8 Å². The van der Waals surface area contributed by atoms with Crippen LogP contribution in [0.2, 0.25) is 5.02 Å². The van der Waals surface area contributed by atoms with Crippen LogP contribution < -0.4 is 21.7 Å². The van der Waals surface area contributed by atoms with E-state index in [1.165, 1.54) is 30.3 Å². The van der Waals surface area contributed by atoms with Gasteiger partial charge < -0.3 is 31.4 Å². The van der Waals surface area contributed by atoms with Crippen molar-refractivity contribution in [1.29, 1.82) is 0 Å². The maximum atomic E-state index is 14.5. The maximum absolute atomic E-state index is 14.5. The van der Waals surface area contributed by atoms with Crippen LogP contribution in [0.15, 0.2) is 36.4 Å². The molecule has 2 aromatic carbocycles. The van der Waals surface area contributed by atoms with Crippen molar-refractivity contribution in [2.45, 2.75) is 84.0 Å². The highest BCUT2D eigenvalue weighted by molar-refractivity contribution is 7.80. The predicted octanol–water partition coefficient (Wildman–Crippen LogP) is 5.60. The van der Waals surface area contributed by atoms with Crippen LogP contribution in [0.1, 0.15) is 63.8 Å². The van der Waals surface area contributed by atoms with Gasteiger partial charge in [0.2, 0.25) is 11.8 Å². The summed E-state index contributed by atoms with van der Waals surface area (Å²) in [5.74, 6) is -2.55. The molecule has 1 aromatic heterocycles. The van der Waals surface area contributed by atoms with E-state index in [4.69, 9.17) is 34.3 Å². The topological polar surface area (TPSA) is 138 Å². The number of nitrogens with two attached hydrogens (primary N) is 1. The number of amides is 3. The van der Waals surface area contributed by atoms with Crippen LogP contribution in [0.4, 0.5) is 13.6 Å². The lowest BCUT2D eigenvalue weighted by atomic mass is 9.78. The van der Waals surface area contributed by atoms with Gasteiger partial charge in [-0.3, -0.25) is 9.59 Å². The number of aryl methyl sites for hydroxylation is 1. The van der Waals surface area contributed by atoms with E-state index in [1.807, 2.05) is 20.8 Å². The molecule has 9 nitrogen and oxygen atoms in total. The van der Waals surface area contributed by atoms with E-state index in [9.17, 15) is 23.2 Å². The van der Waals surface area contributed by atoms with E-state index in [1.54, 1.807) is 13.0 Å². The Hall–Kier alpha value is -3.77. The number of nitrogens with one attached hydrogen (secondary N) is 4. The molecule has 6 N–H and O–H groups in total. The van der Waals surface area contributed by atoms with Gasteiger partial charge in [0.05, 0.1) is 21.6 Å². The Bertz CT molecular complexity index is 1630. The molecule has 1 heterocycles. The quantitative estimate of drug-likeness (QED) is 0.159. The van der Waals surface area contributed by atoms with Crippen LogP contribution in [0.25, 0.3) is 10.9 Å². The predicted molar refractivity (Wildman–Crippen MR) is 177 cm³/mol. The number of benzene rings is 2. The molecule has 3 amide bonds. The van der Waals surface area contributed by atoms with Crippen molar-refractivity contribution in [2.75, 3.05) is 0 Å². The number of H-pyrrole nitrogens is 1. The summed E-state index contributed by atoms with van der Waals surface area (Å²) in [6.07, 6.45) is 0.871. The van der Waals surface area contributed by atoms with Crippen molar-refractivity contribution in [3.8, 4) is 0 Å². The lowest BCUT2D eigenvalue weighted by Crippen LogP contribution is -2.67. The highest BCUT2D eigenvalue weighted by atomic mass is 35.5. The first-order chi connectivity index (χ1) is 21.8. The zero-order valence-corrected chi connectivity index (χ0v) is 27.8. The molecular weight excluding hydrogens is 636 g/mol. The highest BCUT2D eigenvalue weighted by Gasteiger charge is 2.46. The van der Waals surface area contributed by atoms with Gasteiger partial charge in [-0.1, -0.05) is 76.5 Å². The molecule has 0 aliphatic heterocycles. The van der Waals surface area contributed by atoms with Gasteiger partial charge in [-0.25, -0.2) is 13.6 Å². The molecule has 1 aliphatic carbocycles. The monoisotopic (exact) mass is 675 g/mol. The minimum atomic E-state index is -1.51. The molecule has 4 rings (SSSR count). The number of alkyl carbamates (subject to hydrolysis) is 1. The fourth-order valence-electron chi connectivity index (χ4n) is 5.80. The molecule has 46 heavy (non-hydrogen) atoms. The molecule has 2 unspecified atom stereocenters. The van der Waals surface area contributed by atoms with Crippen LogP contribution >= 0.6 is 23.8 Å². The second-order valence-electron chi connectivity index (χ2n) is 12.1. The van der Waals surface area contributed by atoms with Crippen LogP contribution in [0.3, 0.4) is 0 Å². The lowest BCUT2D eigenvalue weighted by Gasteiger charge is -2.39. The van der Waals surface area contributed by atoms with Crippen LogP contribution in [-0.4, -0.2) is 45.5 Å². The number of fused-ring (bicyclic) bond motifs is 3. The van der Waals surface area contributed by atoms with Crippen LogP contribution in [0, 0.1) is 23.5 Å². The van der Waals surface area contributed by atoms with E-state index < -0.39 is 47.2 Å². The standard InChI is InChI=1S/C33H40ClF2N5O4S/c1-5-17(3)26(29(37)46)39-31(43)33(11-10-25-23(15-33)22-13-21(36)14-24(34)28(22)38-25)41-30(42)27(18(4)6-2)40-32(44)45-16-19-8-7-9-20(35)12-19/h7-9,12-14,17-18,26-27,38H,5-6,10-11,15-16H2,1-4H3,(H2,37,46)(H,39,43)(H,40,44)(H,41,42)/t17-,18?,26-,27?,33+/m0/s1. The summed E-state index contributed by atoms with van der Waals surface area (Å²) in [6, 6.07) is 6.48. The maximum Gasteiger partial charge on any atom is 0.408 e. The molecule has 0 saturated carbocycles. The average molecular weight is 676 g/mol. The number of hydrogen-bond acceptors (Lipinski definition) is 5. The Kier molecular flexibility index (Phi) is 11.3. The Morgan fingerprint density at radius 1 is 1.07 bits per heavy atom. The number of thiocarbonyl (C=S) groups is 1. The minimum Gasteiger partial charge on any atom is -0.445 e. The zero-order valence-electron chi connectivity index (χ0n) is 26.3. The van der Waals surface area contributed by atoms with E-state index >= 15 is 0 Å². The van der Waals surface area contributed by atoms with Gasteiger partial charge in [0, 0.05) is 17.5 Å². The SMILES string of the molecule is CCC(C)C(NC(=O)OCc1cccc(F)c1)C(=O)N[C@]1(C(=O)N[C@H](C(N)=S)[C@@H](C)CC)CCc2[nH]c3c(Cl)cc(F)cc3c2C1. The van der Waals surface area contributed by atoms with Crippen molar-refractivity contribution in [3.05, 3.63) is 69.9 Å². The van der Waals surface area contributed by atoms with Crippen molar-refractivity contribution < 1.29 is 27.9 Å². The normalized spacial score (nSPS) is 18.5. The summed E-state index contributed by atoms with van der Waals surface area (Å²) in [5, 5.41) is 9.28. The number of halogens is 3. The van der Waals surface area contributed by atoms with E-state index in [0.717, 1.165) is 5.69 Å². The van der Waals surface area contributed by atoms with Crippen molar-refractivity contribution in [2.24, 2.45) is 17.6 Å². The van der Waals surface area contributed by atoms with Crippen molar-refractivity contribution in [1.82, 2.24) is 20.9 Å². The number of carbonyl (C=O) groups is 3. The number of carbonyl (C=O) groups excluding carboxylic acids is 3. The molecule has 1 aliphatic rings. The number of aromatic nitrogens is 1. The Labute approximate surface area is 277 Å². The Morgan fingerprint density at radius 3 is 2.41 bits per heavy atom. The fraction of sp³-hybridized carbons (Fsp3) is 0.455. The molecule has 0 fully saturated rings. The number of ether oxygens (including phenoxy) is 1. The van der Waals surface area contributed by atoms with Gasteiger partial charge in [0.1, 0.15) is 29.8 Å². The van der Waals surface area contributed by atoms with E-state index in [0.29, 0.717) is 41.3 Å². The molecule has 0 radical (unpaired) electrons. The van der Waals surface area contributed by atoms with Crippen molar-refractivity contribution in [3.63, 3.8) is 0 Å². The molecule has 13 heteroatoms. The first-order valence-corrected chi connectivity index (χ1v) is 16.2. The largest absolute Gasteiger partial charge is 0.445 e.